The molecule has 0 radical (unpaired) electrons. The molecule has 2 aliphatic rings. The van der Waals surface area contributed by atoms with E-state index in [1.165, 1.54) is 19.1 Å². The van der Waals surface area contributed by atoms with Gasteiger partial charge in [-0.05, 0) is 24.6 Å². The van der Waals surface area contributed by atoms with Crippen molar-refractivity contribution in [2.45, 2.75) is 31.0 Å². The maximum atomic E-state index is 13.3. The van der Waals surface area contributed by atoms with Gasteiger partial charge in [-0.1, -0.05) is 72.8 Å². The first-order chi connectivity index (χ1) is 17.4. The number of fused-ring (bicyclic) bond motifs is 1. The van der Waals surface area contributed by atoms with Crippen LogP contribution in [0.5, 0.6) is 0 Å². The number of ether oxygens (including phenoxy) is 1. The lowest BCUT2D eigenvalue weighted by molar-refractivity contribution is -0.158. The van der Waals surface area contributed by atoms with Crippen molar-refractivity contribution in [3.05, 3.63) is 107 Å². The largest absolute Gasteiger partial charge is 0.450 e. The fraction of sp³-hybridized carbons (Fsp3) is 0.179. The molecule has 1 saturated heterocycles. The van der Waals surface area contributed by atoms with Crippen LogP contribution in [0.4, 0.5) is 0 Å². The van der Waals surface area contributed by atoms with Gasteiger partial charge in [0.2, 0.25) is 0 Å². The maximum absolute atomic E-state index is 13.3. The first-order valence-electron chi connectivity index (χ1n) is 11.5. The number of benzene rings is 3. The molecule has 0 aliphatic carbocycles. The Morgan fingerprint density at radius 1 is 0.806 bits per heavy atom. The number of Topliss-reactive ketones (excluding diaryl/α,β-unsaturated/α-hetero) is 1. The predicted octanol–water partition coefficient (Wildman–Crippen LogP) is 2.75. The van der Waals surface area contributed by atoms with Crippen LogP contribution in [-0.2, 0) is 14.3 Å². The third-order valence-electron chi connectivity index (χ3n) is 6.56. The predicted molar refractivity (Wildman–Crippen MR) is 128 cm³/mol. The molecule has 8 heteroatoms. The van der Waals surface area contributed by atoms with Gasteiger partial charge >= 0.3 is 5.97 Å². The zero-order chi connectivity index (χ0) is 25.4. The number of rotatable bonds is 6. The zero-order valence-corrected chi connectivity index (χ0v) is 19.3. The van der Waals surface area contributed by atoms with Crippen LogP contribution in [0.1, 0.15) is 49.5 Å². The van der Waals surface area contributed by atoms with E-state index in [9.17, 15) is 24.0 Å². The van der Waals surface area contributed by atoms with Crippen LogP contribution < -0.4 is 5.32 Å². The van der Waals surface area contributed by atoms with Gasteiger partial charge in [-0.3, -0.25) is 24.1 Å². The number of imide groups is 1. The average Bonchev–Trinajstić information content (AvgIpc) is 3.37. The Morgan fingerprint density at radius 2 is 1.33 bits per heavy atom. The van der Waals surface area contributed by atoms with E-state index < -0.39 is 47.8 Å². The summed E-state index contributed by atoms with van der Waals surface area (Å²) in [6, 6.07) is 21.4. The number of amides is 3. The molecule has 3 aromatic carbocycles. The van der Waals surface area contributed by atoms with Crippen molar-refractivity contribution >= 4 is 29.5 Å². The molecule has 3 amide bonds. The van der Waals surface area contributed by atoms with Gasteiger partial charge < -0.3 is 10.1 Å². The molecule has 1 fully saturated rings. The highest BCUT2D eigenvalue weighted by atomic mass is 16.6. The second-order valence-corrected chi connectivity index (χ2v) is 8.71. The monoisotopic (exact) mass is 482 g/mol. The molecule has 36 heavy (non-hydrogen) atoms. The summed E-state index contributed by atoms with van der Waals surface area (Å²) in [5.74, 6) is -3.87. The molecule has 5 rings (SSSR count). The summed E-state index contributed by atoms with van der Waals surface area (Å²) in [5.41, 5.74) is 1.46. The van der Waals surface area contributed by atoms with E-state index in [0.717, 1.165) is 4.90 Å². The number of hydrogen-bond donors (Lipinski definition) is 1. The summed E-state index contributed by atoms with van der Waals surface area (Å²) >= 11 is 0. The first kappa shape index (κ1) is 23.2. The van der Waals surface area contributed by atoms with Crippen LogP contribution in [-0.4, -0.2) is 52.6 Å². The van der Waals surface area contributed by atoms with E-state index in [0.29, 0.717) is 11.1 Å². The van der Waals surface area contributed by atoms with E-state index in [-0.39, 0.29) is 16.9 Å². The summed E-state index contributed by atoms with van der Waals surface area (Å²) in [7, 11) is 0. The van der Waals surface area contributed by atoms with E-state index in [4.69, 9.17) is 4.74 Å². The molecular formula is C28H22N2O6. The fourth-order valence-electron chi connectivity index (χ4n) is 4.73. The molecule has 0 unspecified atom stereocenters. The Kier molecular flexibility index (Phi) is 5.93. The van der Waals surface area contributed by atoms with Crippen LogP contribution in [0.25, 0.3) is 0 Å². The normalized spacial score (nSPS) is 21.6. The molecule has 4 atom stereocenters. The van der Waals surface area contributed by atoms with E-state index >= 15 is 0 Å². The lowest BCUT2D eigenvalue weighted by Crippen LogP contribution is -2.45. The van der Waals surface area contributed by atoms with Gasteiger partial charge in [0.1, 0.15) is 12.1 Å². The molecular weight excluding hydrogens is 460 g/mol. The van der Waals surface area contributed by atoms with Crippen molar-refractivity contribution in [1.29, 1.82) is 0 Å². The third-order valence-corrected chi connectivity index (χ3v) is 6.56. The van der Waals surface area contributed by atoms with Crippen molar-refractivity contribution in [3.63, 3.8) is 0 Å². The minimum Gasteiger partial charge on any atom is -0.450 e. The number of nitrogens with one attached hydrogen (secondary N) is 1. The number of nitrogens with zero attached hydrogens (tertiary/aromatic N) is 1. The smallest absolute Gasteiger partial charge is 0.329 e. The number of hydrogen-bond acceptors (Lipinski definition) is 6. The Hall–Kier alpha value is -4.59. The Bertz CT molecular complexity index is 1340. The second kappa shape index (κ2) is 9.22. The minimum atomic E-state index is -1.32. The van der Waals surface area contributed by atoms with E-state index in [2.05, 4.69) is 5.32 Å². The highest BCUT2D eigenvalue weighted by Crippen LogP contribution is 2.34. The van der Waals surface area contributed by atoms with Gasteiger partial charge in [0.05, 0.1) is 17.0 Å². The molecule has 0 aromatic heterocycles. The number of carbonyl (C=O) groups is 5. The summed E-state index contributed by atoms with van der Waals surface area (Å²) in [6.07, 6.45) is -1.32. The molecule has 180 valence electrons. The third kappa shape index (κ3) is 3.86. The number of ketones is 1. The topological polar surface area (TPSA) is 110 Å². The van der Waals surface area contributed by atoms with Crippen molar-refractivity contribution in [3.8, 4) is 0 Å². The van der Waals surface area contributed by atoms with Gasteiger partial charge in [0.15, 0.2) is 11.9 Å². The average molecular weight is 482 g/mol. The summed E-state index contributed by atoms with van der Waals surface area (Å²) in [6.45, 7) is 1.38. The van der Waals surface area contributed by atoms with E-state index in [1.807, 2.05) is 0 Å². The molecule has 3 aromatic rings. The number of carbonyl (C=O) groups excluding carboxylic acids is 5. The second-order valence-electron chi connectivity index (χ2n) is 8.71. The molecule has 2 heterocycles. The molecule has 8 nitrogen and oxygen atoms in total. The van der Waals surface area contributed by atoms with Crippen molar-refractivity contribution in [1.82, 2.24) is 10.2 Å². The number of esters is 1. The van der Waals surface area contributed by atoms with Crippen LogP contribution in [0, 0.1) is 0 Å². The van der Waals surface area contributed by atoms with Gasteiger partial charge in [0, 0.05) is 5.56 Å². The van der Waals surface area contributed by atoms with Crippen LogP contribution in [0.15, 0.2) is 84.9 Å². The molecule has 2 aliphatic heterocycles. The Labute approximate surface area is 206 Å². The van der Waals surface area contributed by atoms with Crippen LogP contribution >= 0.6 is 0 Å². The van der Waals surface area contributed by atoms with Gasteiger partial charge in [-0.25, -0.2) is 4.79 Å². The molecule has 1 N–H and O–H groups in total. The first-order valence-corrected chi connectivity index (χ1v) is 11.5. The summed E-state index contributed by atoms with van der Waals surface area (Å²) in [4.78, 5) is 65.9. The van der Waals surface area contributed by atoms with Crippen molar-refractivity contribution < 1.29 is 28.7 Å². The molecule has 0 saturated carbocycles. The highest BCUT2D eigenvalue weighted by Gasteiger charge is 2.50. The minimum absolute atomic E-state index is 0.205. The fourth-order valence-corrected chi connectivity index (χ4v) is 4.73. The lowest BCUT2D eigenvalue weighted by atomic mass is 9.86. The SMILES string of the molecule is C[C@@H](C(=O)O[C@H]1C(=O)N[C@H](C(=O)c2ccccc2)[C@@H]1c1ccccc1)N1C(=O)c2ccccc2C1=O. The maximum Gasteiger partial charge on any atom is 0.329 e. The molecule has 0 spiro atoms. The van der Waals surface area contributed by atoms with E-state index in [1.54, 1.807) is 72.8 Å². The van der Waals surface area contributed by atoms with Crippen molar-refractivity contribution in [2.75, 3.05) is 0 Å². The summed E-state index contributed by atoms with van der Waals surface area (Å²) < 4.78 is 5.63. The van der Waals surface area contributed by atoms with Crippen LogP contribution in [0.3, 0.4) is 0 Å². The van der Waals surface area contributed by atoms with Gasteiger partial charge in [-0.15, -0.1) is 0 Å². The van der Waals surface area contributed by atoms with Gasteiger partial charge in [-0.2, -0.15) is 0 Å². The quantitative estimate of drug-likeness (QED) is 0.329. The van der Waals surface area contributed by atoms with Gasteiger partial charge in [0.25, 0.3) is 17.7 Å². The Morgan fingerprint density at radius 3 is 1.92 bits per heavy atom. The van der Waals surface area contributed by atoms with Crippen LogP contribution in [0.2, 0.25) is 0 Å². The van der Waals surface area contributed by atoms with Crippen molar-refractivity contribution in [2.24, 2.45) is 0 Å². The highest BCUT2D eigenvalue weighted by molar-refractivity contribution is 6.22. The molecule has 0 bridgehead atoms. The summed E-state index contributed by atoms with van der Waals surface area (Å²) in [5, 5.41) is 2.68. The lowest BCUT2D eigenvalue weighted by Gasteiger charge is -2.25. The zero-order valence-electron chi connectivity index (χ0n) is 19.3. The Balaban J connectivity index is 1.42. The standard InChI is InChI=1S/C28H22N2O6/c1-16(30-26(33)19-14-8-9-15-20(19)27(30)34)28(35)36-24-21(17-10-4-2-5-11-17)22(29-25(24)32)23(31)18-12-6-3-7-13-18/h2-16,21-22,24H,1H3,(H,29,32)/t16-,21-,22-,24+/m0/s1.